The molecule has 12 heavy (non-hydrogen) atoms. The second-order valence-electron chi connectivity index (χ2n) is 2.54. The third-order valence-electron chi connectivity index (χ3n) is 1.53. The summed E-state index contributed by atoms with van der Waals surface area (Å²) in [5.41, 5.74) is 6.16. The second kappa shape index (κ2) is 3.88. The maximum atomic E-state index is 10.4. The molecule has 0 saturated carbocycles. The van der Waals surface area contributed by atoms with Gasteiger partial charge in [-0.05, 0) is 18.1 Å². The van der Waals surface area contributed by atoms with Crippen molar-refractivity contribution in [3.63, 3.8) is 0 Å². The van der Waals surface area contributed by atoms with Crippen LogP contribution in [0.5, 0.6) is 0 Å². The zero-order valence-electron chi connectivity index (χ0n) is 6.53. The van der Waals surface area contributed by atoms with Crippen molar-refractivity contribution in [1.82, 2.24) is 0 Å². The number of nitrogens with two attached hydrogens (primary N) is 1. The minimum absolute atomic E-state index is 0.330. The van der Waals surface area contributed by atoms with E-state index >= 15 is 0 Å². The largest absolute Gasteiger partial charge is 0.480 e. The van der Waals surface area contributed by atoms with E-state index < -0.39 is 12.0 Å². The first-order valence-electron chi connectivity index (χ1n) is 3.64. The number of carboxylic acid groups (broad SMARTS) is 1. The first-order valence-corrected chi connectivity index (χ1v) is 3.64. The first kappa shape index (κ1) is 8.74. The lowest BCUT2D eigenvalue weighted by atomic mass is 10.1. The van der Waals surface area contributed by atoms with Crippen molar-refractivity contribution in [1.29, 1.82) is 0 Å². The molecule has 0 heterocycles. The lowest BCUT2D eigenvalue weighted by Crippen LogP contribution is -2.32. The van der Waals surface area contributed by atoms with Crippen molar-refractivity contribution in [3.05, 3.63) is 35.9 Å². The van der Waals surface area contributed by atoms with Gasteiger partial charge in [-0.15, -0.1) is 0 Å². The highest BCUT2D eigenvalue weighted by molar-refractivity contribution is 5.73. The number of benzene rings is 1. The lowest BCUT2D eigenvalue weighted by molar-refractivity contribution is -0.138. The van der Waals surface area contributed by atoms with Gasteiger partial charge in [0.05, 0.1) is 0 Å². The van der Waals surface area contributed by atoms with Gasteiger partial charge in [-0.1, -0.05) is 24.3 Å². The number of carbonyl (C=O) groups is 1. The Morgan fingerprint density at radius 3 is 2.92 bits per heavy atom. The van der Waals surface area contributed by atoms with Crippen molar-refractivity contribution < 1.29 is 9.90 Å². The molecule has 1 atom stereocenters. The molecular formula is C9H10NO2. The Balaban J connectivity index is 2.58. The van der Waals surface area contributed by atoms with Crippen molar-refractivity contribution in [3.8, 4) is 0 Å². The molecule has 3 N–H and O–H groups in total. The molecule has 1 radical (unpaired) electrons. The molecule has 0 aliphatic heterocycles. The van der Waals surface area contributed by atoms with E-state index in [1.54, 1.807) is 6.07 Å². The van der Waals surface area contributed by atoms with Crippen LogP contribution in [0.2, 0.25) is 0 Å². The minimum Gasteiger partial charge on any atom is -0.480 e. The quantitative estimate of drug-likeness (QED) is 0.681. The number of carboxylic acids is 1. The maximum absolute atomic E-state index is 10.4. The van der Waals surface area contributed by atoms with Crippen molar-refractivity contribution in [2.45, 2.75) is 12.5 Å². The summed E-state index contributed by atoms with van der Waals surface area (Å²) in [4.78, 5) is 10.4. The van der Waals surface area contributed by atoms with Gasteiger partial charge >= 0.3 is 5.97 Å². The topological polar surface area (TPSA) is 63.3 Å². The summed E-state index contributed by atoms with van der Waals surface area (Å²) in [7, 11) is 0. The molecule has 0 saturated heterocycles. The van der Waals surface area contributed by atoms with Crippen LogP contribution in [-0.2, 0) is 11.2 Å². The Hall–Kier alpha value is -1.35. The average molecular weight is 164 g/mol. The SMILES string of the molecule is NC(Cc1[c]cccc1)C(=O)O. The molecule has 63 valence electrons. The van der Waals surface area contributed by atoms with E-state index in [2.05, 4.69) is 6.07 Å². The summed E-state index contributed by atoms with van der Waals surface area (Å²) in [6.45, 7) is 0. The van der Waals surface area contributed by atoms with Crippen LogP contribution in [0.4, 0.5) is 0 Å². The third-order valence-corrected chi connectivity index (χ3v) is 1.53. The molecule has 0 bridgehead atoms. The predicted octanol–water partition coefficient (Wildman–Crippen LogP) is 0.441. The molecule has 0 fully saturated rings. The highest BCUT2D eigenvalue weighted by atomic mass is 16.4. The van der Waals surface area contributed by atoms with Gasteiger partial charge in [0.2, 0.25) is 0 Å². The van der Waals surface area contributed by atoms with E-state index in [9.17, 15) is 4.79 Å². The number of hydrogen-bond acceptors (Lipinski definition) is 2. The molecule has 1 aromatic carbocycles. The second-order valence-corrected chi connectivity index (χ2v) is 2.54. The van der Waals surface area contributed by atoms with Crippen LogP contribution in [-0.4, -0.2) is 17.1 Å². The Bertz CT molecular complexity index is 258. The van der Waals surface area contributed by atoms with Gasteiger partial charge in [0, 0.05) is 0 Å². The van der Waals surface area contributed by atoms with Crippen molar-refractivity contribution in [2.24, 2.45) is 5.73 Å². The Morgan fingerprint density at radius 1 is 1.67 bits per heavy atom. The minimum atomic E-state index is -0.979. The van der Waals surface area contributed by atoms with Gasteiger partial charge in [0.1, 0.15) is 6.04 Å². The van der Waals surface area contributed by atoms with E-state index in [-0.39, 0.29) is 0 Å². The molecule has 1 unspecified atom stereocenters. The van der Waals surface area contributed by atoms with E-state index in [4.69, 9.17) is 10.8 Å². The fourth-order valence-corrected chi connectivity index (χ4v) is 0.882. The third kappa shape index (κ3) is 2.36. The summed E-state index contributed by atoms with van der Waals surface area (Å²) < 4.78 is 0. The summed E-state index contributed by atoms with van der Waals surface area (Å²) in [6, 6.07) is 9.29. The molecule has 0 aliphatic carbocycles. The van der Waals surface area contributed by atoms with Crippen LogP contribution in [0.25, 0.3) is 0 Å². The van der Waals surface area contributed by atoms with Gasteiger partial charge in [0.15, 0.2) is 0 Å². The van der Waals surface area contributed by atoms with Crippen LogP contribution in [0.3, 0.4) is 0 Å². The van der Waals surface area contributed by atoms with Crippen molar-refractivity contribution in [2.75, 3.05) is 0 Å². The molecule has 3 heteroatoms. The molecule has 0 aliphatic rings. The Kier molecular flexibility index (Phi) is 2.82. The monoisotopic (exact) mass is 164 g/mol. The van der Waals surface area contributed by atoms with Gasteiger partial charge in [0.25, 0.3) is 0 Å². The summed E-state index contributed by atoms with van der Waals surface area (Å²) in [5, 5.41) is 8.50. The number of hydrogen-bond donors (Lipinski definition) is 2. The molecule has 0 aromatic heterocycles. The number of rotatable bonds is 3. The van der Waals surface area contributed by atoms with Crippen molar-refractivity contribution >= 4 is 5.97 Å². The molecular weight excluding hydrogens is 154 g/mol. The molecule has 1 aromatic rings. The van der Waals surface area contributed by atoms with E-state index in [1.807, 2.05) is 18.2 Å². The summed E-state index contributed by atoms with van der Waals surface area (Å²) >= 11 is 0. The van der Waals surface area contributed by atoms with Gasteiger partial charge in [-0.25, -0.2) is 0 Å². The van der Waals surface area contributed by atoms with Crippen LogP contribution in [0.15, 0.2) is 24.3 Å². The van der Waals surface area contributed by atoms with Gasteiger partial charge in [-0.3, -0.25) is 4.79 Å². The maximum Gasteiger partial charge on any atom is 0.320 e. The molecule has 0 spiro atoms. The predicted molar refractivity (Wildman–Crippen MR) is 44.6 cm³/mol. The van der Waals surface area contributed by atoms with E-state index in [0.29, 0.717) is 6.42 Å². The Morgan fingerprint density at radius 2 is 2.42 bits per heavy atom. The highest BCUT2D eigenvalue weighted by Crippen LogP contribution is 2.00. The first-order chi connectivity index (χ1) is 5.70. The molecule has 0 amide bonds. The lowest BCUT2D eigenvalue weighted by Gasteiger charge is -2.04. The fraction of sp³-hybridized carbons (Fsp3) is 0.222. The standard InChI is InChI=1S/C9H10NO2/c10-8(9(11)12)6-7-4-2-1-3-5-7/h1-4,8H,6,10H2,(H,11,12). The summed E-state index contributed by atoms with van der Waals surface area (Å²) in [5.74, 6) is -0.979. The average Bonchev–Trinajstić information content (AvgIpc) is 2.06. The zero-order valence-corrected chi connectivity index (χ0v) is 6.53. The van der Waals surface area contributed by atoms with E-state index in [0.717, 1.165) is 5.56 Å². The van der Waals surface area contributed by atoms with Crippen LogP contribution >= 0.6 is 0 Å². The van der Waals surface area contributed by atoms with Gasteiger partial charge < -0.3 is 10.8 Å². The smallest absolute Gasteiger partial charge is 0.320 e. The molecule has 1 rings (SSSR count). The van der Waals surface area contributed by atoms with Crippen LogP contribution < -0.4 is 5.73 Å². The Labute approximate surface area is 70.8 Å². The van der Waals surface area contributed by atoms with E-state index in [1.165, 1.54) is 0 Å². The number of aliphatic carboxylic acids is 1. The zero-order chi connectivity index (χ0) is 8.97. The van der Waals surface area contributed by atoms with Crippen LogP contribution in [0.1, 0.15) is 5.56 Å². The molecule has 3 nitrogen and oxygen atoms in total. The van der Waals surface area contributed by atoms with Crippen LogP contribution in [0, 0.1) is 6.07 Å². The van der Waals surface area contributed by atoms with Gasteiger partial charge in [-0.2, -0.15) is 0 Å². The normalized spacial score (nSPS) is 12.4. The fourth-order valence-electron chi connectivity index (χ4n) is 0.882. The highest BCUT2D eigenvalue weighted by Gasteiger charge is 2.11. The summed E-state index contributed by atoms with van der Waals surface area (Å²) in [6.07, 6.45) is 0.330.